The fraction of sp³-hybridized carbons (Fsp3) is 0.579. The number of carboxylic acids is 1. The third-order valence-corrected chi connectivity index (χ3v) is 4.54. The van der Waals surface area contributed by atoms with E-state index in [1.165, 1.54) is 5.56 Å². The molecule has 1 amide bonds. The predicted molar refractivity (Wildman–Crippen MR) is 92.0 cm³/mol. The standard InChI is InChI=1S/C19H27NO4/c1-13(2)15-8-5-14(6-9-15)7-10-17(21)20-18(19(22)23)16-4-3-11-24-12-16/h5-6,8-9,13,16,18H,3-4,7,10-12H2,1-2H3,(H,20,21)(H,22,23). The molecule has 5 nitrogen and oxygen atoms in total. The molecule has 1 saturated heterocycles. The molecule has 0 aliphatic carbocycles. The first-order valence-electron chi connectivity index (χ1n) is 8.66. The smallest absolute Gasteiger partial charge is 0.326 e. The van der Waals surface area contributed by atoms with Crippen LogP contribution in [0.5, 0.6) is 0 Å². The summed E-state index contributed by atoms with van der Waals surface area (Å²) in [6.45, 7) is 5.35. The highest BCUT2D eigenvalue weighted by atomic mass is 16.5. The monoisotopic (exact) mass is 333 g/mol. The van der Waals surface area contributed by atoms with Gasteiger partial charge in [0.2, 0.25) is 5.91 Å². The van der Waals surface area contributed by atoms with Gasteiger partial charge in [-0.05, 0) is 36.3 Å². The second-order valence-electron chi connectivity index (χ2n) is 6.76. The molecule has 0 radical (unpaired) electrons. The minimum Gasteiger partial charge on any atom is -0.480 e. The molecule has 1 aromatic carbocycles. The van der Waals surface area contributed by atoms with Gasteiger partial charge in [0.25, 0.3) is 0 Å². The zero-order chi connectivity index (χ0) is 17.5. The van der Waals surface area contributed by atoms with Gasteiger partial charge in [-0.2, -0.15) is 0 Å². The maximum absolute atomic E-state index is 12.1. The van der Waals surface area contributed by atoms with Crippen molar-refractivity contribution in [2.45, 2.75) is 51.5 Å². The Bertz CT molecular complexity index is 547. The molecule has 2 unspecified atom stereocenters. The molecule has 2 N–H and O–H groups in total. The van der Waals surface area contributed by atoms with E-state index in [1.807, 2.05) is 12.1 Å². The van der Waals surface area contributed by atoms with Crippen LogP contribution in [0.15, 0.2) is 24.3 Å². The maximum Gasteiger partial charge on any atom is 0.326 e. The van der Waals surface area contributed by atoms with Crippen LogP contribution in [0.4, 0.5) is 0 Å². The van der Waals surface area contributed by atoms with E-state index in [0.29, 0.717) is 32.0 Å². The lowest BCUT2D eigenvalue weighted by Crippen LogP contribution is -2.48. The summed E-state index contributed by atoms with van der Waals surface area (Å²) in [5.41, 5.74) is 2.36. The summed E-state index contributed by atoms with van der Waals surface area (Å²) in [6, 6.07) is 7.37. The number of carbonyl (C=O) groups is 2. The quantitative estimate of drug-likeness (QED) is 0.804. The molecule has 2 atom stereocenters. The van der Waals surface area contributed by atoms with Crippen LogP contribution in [0.1, 0.15) is 50.2 Å². The minimum atomic E-state index is -0.986. The summed E-state index contributed by atoms with van der Waals surface area (Å²) in [4.78, 5) is 23.6. The first-order chi connectivity index (χ1) is 11.5. The van der Waals surface area contributed by atoms with Crippen molar-refractivity contribution in [3.63, 3.8) is 0 Å². The van der Waals surface area contributed by atoms with Gasteiger partial charge in [-0.15, -0.1) is 0 Å². The van der Waals surface area contributed by atoms with E-state index in [2.05, 4.69) is 31.3 Å². The number of rotatable bonds is 7. The highest BCUT2D eigenvalue weighted by Crippen LogP contribution is 2.18. The van der Waals surface area contributed by atoms with Crippen LogP contribution in [0.3, 0.4) is 0 Å². The van der Waals surface area contributed by atoms with Crippen molar-refractivity contribution >= 4 is 11.9 Å². The highest BCUT2D eigenvalue weighted by Gasteiger charge is 2.31. The molecule has 0 bridgehead atoms. The lowest BCUT2D eigenvalue weighted by Gasteiger charge is -2.28. The van der Waals surface area contributed by atoms with Gasteiger partial charge >= 0.3 is 5.97 Å². The molecular formula is C19H27NO4. The molecule has 1 aromatic rings. The molecule has 132 valence electrons. The Morgan fingerprint density at radius 1 is 1.29 bits per heavy atom. The Morgan fingerprint density at radius 3 is 2.54 bits per heavy atom. The number of aryl methyl sites for hydroxylation is 1. The van der Waals surface area contributed by atoms with E-state index in [0.717, 1.165) is 18.4 Å². The number of hydrogen-bond acceptors (Lipinski definition) is 3. The number of carboxylic acid groups (broad SMARTS) is 1. The zero-order valence-corrected chi connectivity index (χ0v) is 14.5. The van der Waals surface area contributed by atoms with Gasteiger partial charge in [-0.1, -0.05) is 38.1 Å². The molecule has 1 aliphatic heterocycles. The average molecular weight is 333 g/mol. The van der Waals surface area contributed by atoms with Crippen LogP contribution in [-0.4, -0.2) is 36.2 Å². The van der Waals surface area contributed by atoms with Gasteiger partial charge < -0.3 is 15.2 Å². The summed E-state index contributed by atoms with van der Waals surface area (Å²) in [5.74, 6) is -0.872. The summed E-state index contributed by atoms with van der Waals surface area (Å²) in [7, 11) is 0. The van der Waals surface area contributed by atoms with E-state index in [9.17, 15) is 14.7 Å². The third kappa shape index (κ3) is 5.34. The third-order valence-electron chi connectivity index (χ3n) is 4.54. The summed E-state index contributed by atoms with van der Waals surface area (Å²) >= 11 is 0. The van der Waals surface area contributed by atoms with E-state index < -0.39 is 12.0 Å². The van der Waals surface area contributed by atoms with Crippen molar-refractivity contribution in [2.75, 3.05) is 13.2 Å². The van der Waals surface area contributed by atoms with Gasteiger partial charge in [-0.25, -0.2) is 4.79 Å². The Kier molecular flexibility index (Phi) is 6.79. The molecule has 0 aromatic heterocycles. The van der Waals surface area contributed by atoms with Crippen LogP contribution in [-0.2, 0) is 20.7 Å². The molecule has 0 saturated carbocycles. The number of nitrogens with one attached hydrogen (secondary N) is 1. The second-order valence-corrected chi connectivity index (χ2v) is 6.76. The van der Waals surface area contributed by atoms with Crippen molar-refractivity contribution in [2.24, 2.45) is 5.92 Å². The van der Waals surface area contributed by atoms with Crippen LogP contribution >= 0.6 is 0 Å². The van der Waals surface area contributed by atoms with E-state index >= 15 is 0 Å². The minimum absolute atomic E-state index is 0.148. The maximum atomic E-state index is 12.1. The van der Waals surface area contributed by atoms with Crippen molar-refractivity contribution in [1.29, 1.82) is 0 Å². The highest BCUT2D eigenvalue weighted by molar-refractivity contribution is 5.83. The number of aliphatic carboxylic acids is 1. The van der Waals surface area contributed by atoms with Gasteiger partial charge in [0.1, 0.15) is 6.04 Å². The predicted octanol–water partition coefficient (Wildman–Crippen LogP) is 2.74. The number of carbonyl (C=O) groups excluding carboxylic acids is 1. The topological polar surface area (TPSA) is 75.6 Å². The fourth-order valence-electron chi connectivity index (χ4n) is 2.98. The first-order valence-corrected chi connectivity index (χ1v) is 8.66. The number of ether oxygens (including phenoxy) is 1. The Labute approximate surface area is 143 Å². The lowest BCUT2D eigenvalue weighted by atomic mass is 9.93. The van der Waals surface area contributed by atoms with Crippen molar-refractivity contribution < 1.29 is 19.4 Å². The average Bonchev–Trinajstić information content (AvgIpc) is 2.58. The second kappa shape index (κ2) is 8.83. The molecule has 5 heteroatoms. The van der Waals surface area contributed by atoms with E-state index in [4.69, 9.17) is 4.74 Å². The van der Waals surface area contributed by atoms with Gasteiger partial charge in [0.15, 0.2) is 0 Å². The normalized spacial score (nSPS) is 19.0. The van der Waals surface area contributed by atoms with Crippen LogP contribution < -0.4 is 5.32 Å². The summed E-state index contributed by atoms with van der Waals surface area (Å²) in [5, 5.41) is 12.0. The van der Waals surface area contributed by atoms with Crippen LogP contribution in [0.2, 0.25) is 0 Å². The molecule has 2 rings (SSSR count). The van der Waals surface area contributed by atoms with Crippen molar-refractivity contribution in [1.82, 2.24) is 5.32 Å². The molecule has 24 heavy (non-hydrogen) atoms. The first kappa shape index (κ1) is 18.5. The Balaban J connectivity index is 1.85. The van der Waals surface area contributed by atoms with Crippen LogP contribution in [0, 0.1) is 5.92 Å². The van der Waals surface area contributed by atoms with Crippen molar-refractivity contribution in [3.05, 3.63) is 35.4 Å². The SMILES string of the molecule is CC(C)c1ccc(CCC(=O)NC(C(=O)O)C2CCCOC2)cc1. The Hall–Kier alpha value is -1.88. The van der Waals surface area contributed by atoms with E-state index in [1.54, 1.807) is 0 Å². The zero-order valence-electron chi connectivity index (χ0n) is 14.5. The van der Waals surface area contributed by atoms with Gasteiger partial charge in [0, 0.05) is 18.9 Å². The van der Waals surface area contributed by atoms with Gasteiger partial charge in [0.05, 0.1) is 6.61 Å². The lowest BCUT2D eigenvalue weighted by molar-refractivity contribution is -0.145. The summed E-state index contributed by atoms with van der Waals surface area (Å²) < 4.78 is 5.34. The Morgan fingerprint density at radius 2 is 2.00 bits per heavy atom. The molecule has 1 fully saturated rings. The largest absolute Gasteiger partial charge is 0.480 e. The molecule has 1 aliphatic rings. The molecule has 1 heterocycles. The fourth-order valence-corrected chi connectivity index (χ4v) is 2.98. The number of benzene rings is 1. The molecular weight excluding hydrogens is 306 g/mol. The van der Waals surface area contributed by atoms with Crippen LogP contribution in [0.25, 0.3) is 0 Å². The van der Waals surface area contributed by atoms with Crippen molar-refractivity contribution in [3.8, 4) is 0 Å². The molecule has 0 spiro atoms. The van der Waals surface area contributed by atoms with Gasteiger partial charge in [-0.3, -0.25) is 4.79 Å². The summed E-state index contributed by atoms with van der Waals surface area (Å²) in [6.07, 6.45) is 2.51. The number of hydrogen-bond donors (Lipinski definition) is 2. The van der Waals surface area contributed by atoms with E-state index in [-0.39, 0.29) is 11.8 Å². The number of amides is 1.